The molecule has 0 atom stereocenters. The van der Waals surface area contributed by atoms with Gasteiger partial charge in [-0.2, -0.15) is 24.6 Å². The molecule has 0 aromatic heterocycles. The molecule has 1 aliphatic carbocycles. The molecule has 6 aromatic rings. The summed E-state index contributed by atoms with van der Waals surface area (Å²) in [6, 6.07) is 41.6. The van der Waals surface area contributed by atoms with Gasteiger partial charge in [0.15, 0.2) is 12.9 Å². The molecule has 3 aliphatic rings. The molecular formula is C77H88N4Na3O15PS2. The van der Waals surface area contributed by atoms with Crippen LogP contribution in [-0.4, -0.2) is 127 Å². The van der Waals surface area contributed by atoms with Crippen LogP contribution in [-0.2, 0) is 59.4 Å². The Bertz CT molecular complexity index is 4280. The van der Waals surface area contributed by atoms with E-state index in [1.807, 2.05) is 50.3 Å². The third-order valence-electron chi connectivity index (χ3n) is 18.0. The molecule has 0 unspecified atom stereocenters. The smallest absolute Gasteiger partial charge is 0.744 e. The second-order valence-electron chi connectivity index (χ2n) is 25.5. The van der Waals surface area contributed by atoms with Gasteiger partial charge in [0.25, 0.3) is 5.91 Å². The predicted molar refractivity (Wildman–Crippen MR) is 381 cm³/mol. The van der Waals surface area contributed by atoms with Crippen molar-refractivity contribution in [1.29, 1.82) is 0 Å². The van der Waals surface area contributed by atoms with Gasteiger partial charge in [0.05, 0.1) is 48.9 Å². The van der Waals surface area contributed by atoms with Gasteiger partial charge in [-0.05, 0) is 141 Å². The number of allylic oxidation sites excluding steroid dienone is 7. The molecule has 526 valence electrons. The maximum absolute atomic E-state index is 15.2. The van der Waals surface area contributed by atoms with Gasteiger partial charge in [-0.3, -0.25) is 9.59 Å². The molecule has 2 heterocycles. The molecule has 0 fully saturated rings. The standard InChI is InChI=1S/C77H90N4O15PS2.3Na/c1-7-8-46-80-67-30-18-17-29-65(67)76(2,3)70(80)42-33-56-23-20-24-57(73(56)96-59-35-37-62(38-36-59)98(86,87)88)34-43-71-77(4,5)66-55-63(99(89,90)91)39-41-68(66)81(71)47-19-11-16-31-72(82)78-44-21-48-93-50-52-95-53-51-94-49-22-45-79-74(83)58-32-40-64(75(84)92-6)69(54-58)97(85,60-25-12-9-13-26-60)61-27-14-10-15-28-61;;;/h9-10,12-15,18,25-30,32-43,54-55H,1,7-8,11,16,19-24,31,44-53H2,2-6H3,(H,78,82)(H,79,83)(H,86,87,88)(H,89,90,91);;;/q-1;3*+1/p-2. The molecule has 0 spiro atoms. The summed E-state index contributed by atoms with van der Waals surface area (Å²) >= 11 is 0. The molecule has 19 nitrogen and oxygen atoms in total. The summed E-state index contributed by atoms with van der Waals surface area (Å²) in [6.45, 7) is 16.8. The quantitative estimate of drug-likeness (QED) is 0.0110. The van der Waals surface area contributed by atoms with Crippen molar-refractivity contribution in [3.63, 3.8) is 0 Å². The Kier molecular flexibility index (Phi) is 33.7. The largest absolute Gasteiger partial charge is 1.00 e. The van der Waals surface area contributed by atoms with E-state index in [2.05, 4.69) is 65.2 Å². The average molecular weight is 1470 g/mol. The number of nitrogens with zero attached hydrogens (tertiary/aromatic N) is 2. The Balaban J connectivity index is 0.00000545. The SMILES string of the molecule is [CH2-]CCC[N+]1=C(/C=C/C2=C(Oc3ccc(S(=O)(=O)[O-])cc3)C(=C/C=C3/N(CCCCCC(=O)NCCCOCCOCCOCCCNC(=O)c4ccc(C(=O)OC)c(P(=O)(c5ccccc5)c5ccccc5)c4)c4ccc(S(=O)(=O)[O-])cc4C3(C)C)/CCC2)C(C)(C)c2c[c-]ccc21.[Na+].[Na+].[Na+]. The van der Waals surface area contributed by atoms with E-state index >= 15 is 4.57 Å². The molecule has 6 aromatic carbocycles. The Morgan fingerprint density at radius 1 is 0.676 bits per heavy atom. The molecular weight excluding hydrogens is 1380 g/mol. The van der Waals surface area contributed by atoms with Crippen molar-refractivity contribution < 1.29 is 162 Å². The summed E-state index contributed by atoms with van der Waals surface area (Å²) in [7, 11) is -11.8. The summed E-state index contributed by atoms with van der Waals surface area (Å²) in [5, 5.41) is 7.12. The number of esters is 1. The number of methoxy groups -OCH3 is 1. The van der Waals surface area contributed by atoms with Crippen LogP contribution in [0.5, 0.6) is 5.75 Å². The van der Waals surface area contributed by atoms with Gasteiger partial charge in [-0.15, -0.1) is 6.07 Å². The van der Waals surface area contributed by atoms with Crippen LogP contribution in [0.4, 0.5) is 11.4 Å². The number of fused-ring (bicyclic) bond motifs is 2. The van der Waals surface area contributed by atoms with Crippen molar-refractivity contribution in [2.75, 3.05) is 77.8 Å². The Hall–Kier alpha value is -5.11. The zero-order chi connectivity index (χ0) is 70.8. The number of ether oxygens (including phenoxy) is 5. The monoisotopic (exact) mass is 1470 g/mol. The minimum absolute atomic E-state index is 0. The molecule has 102 heavy (non-hydrogen) atoms. The minimum atomic E-state index is -4.77. The van der Waals surface area contributed by atoms with Crippen LogP contribution in [0.2, 0.25) is 0 Å². The minimum Gasteiger partial charge on any atom is -0.744 e. The van der Waals surface area contributed by atoms with Gasteiger partial charge < -0.3 is 59.8 Å². The first-order valence-corrected chi connectivity index (χ1v) is 38.1. The first kappa shape index (κ1) is 85.8. The second kappa shape index (κ2) is 40.0. The van der Waals surface area contributed by atoms with E-state index < -0.39 is 38.8 Å². The summed E-state index contributed by atoms with van der Waals surface area (Å²) < 4.78 is 119. The molecule has 0 saturated heterocycles. The molecule has 25 heteroatoms. The van der Waals surface area contributed by atoms with Crippen LogP contribution in [0.15, 0.2) is 196 Å². The van der Waals surface area contributed by atoms with E-state index in [-0.39, 0.29) is 132 Å². The zero-order valence-electron chi connectivity index (χ0n) is 59.9. The molecule has 0 saturated carbocycles. The number of hydrogen-bond donors (Lipinski definition) is 2. The summed E-state index contributed by atoms with van der Waals surface area (Å²) in [5.74, 6) is -0.182. The van der Waals surface area contributed by atoms with Gasteiger partial charge >= 0.3 is 94.6 Å². The Morgan fingerprint density at radius 3 is 1.91 bits per heavy atom. The van der Waals surface area contributed by atoms with E-state index in [1.54, 1.807) is 54.6 Å². The van der Waals surface area contributed by atoms with Gasteiger partial charge in [0.2, 0.25) is 5.91 Å². The fourth-order valence-corrected chi connectivity index (χ4v) is 16.6. The van der Waals surface area contributed by atoms with Crippen LogP contribution in [0.1, 0.15) is 130 Å². The van der Waals surface area contributed by atoms with Crippen LogP contribution in [0.25, 0.3) is 0 Å². The molecule has 9 rings (SSSR count). The Labute approximate surface area is 668 Å². The van der Waals surface area contributed by atoms with Gasteiger partial charge in [0.1, 0.15) is 44.0 Å². The number of benzene rings is 6. The Morgan fingerprint density at radius 2 is 1.29 bits per heavy atom. The van der Waals surface area contributed by atoms with Crippen molar-refractivity contribution in [3.05, 3.63) is 222 Å². The van der Waals surface area contributed by atoms with E-state index in [1.165, 1.54) is 67.3 Å². The number of unbranched alkanes of at least 4 members (excludes halogenated alkanes) is 3. The fraction of sp³-hybridized carbons (Fsp3) is 0.364. The van der Waals surface area contributed by atoms with Crippen molar-refractivity contribution in [2.24, 2.45) is 0 Å². The maximum atomic E-state index is 15.2. The van der Waals surface area contributed by atoms with Crippen molar-refractivity contribution in [1.82, 2.24) is 10.6 Å². The van der Waals surface area contributed by atoms with Crippen molar-refractivity contribution in [2.45, 2.75) is 119 Å². The van der Waals surface area contributed by atoms with Crippen LogP contribution in [0.3, 0.4) is 0 Å². The summed E-state index contributed by atoms with van der Waals surface area (Å²) in [5.41, 5.74) is 6.79. The maximum Gasteiger partial charge on any atom is 1.00 e. The van der Waals surface area contributed by atoms with Crippen LogP contribution in [0, 0.1) is 13.0 Å². The third-order valence-corrected chi connectivity index (χ3v) is 22.8. The topological polar surface area (TPSA) is 259 Å². The fourth-order valence-electron chi connectivity index (χ4n) is 12.8. The van der Waals surface area contributed by atoms with E-state index in [9.17, 15) is 40.3 Å². The average Bonchev–Trinajstić information content (AvgIpc) is 1.69. The molecule has 2 aliphatic heterocycles. The second-order valence-corrected chi connectivity index (χ2v) is 31.0. The van der Waals surface area contributed by atoms with Crippen molar-refractivity contribution >= 4 is 78.2 Å². The van der Waals surface area contributed by atoms with Gasteiger partial charge in [-0.1, -0.05) is 106 Å². The number of hydrogen-bond acceptors (Lipinski definition) is 16. The molecule has 0 radical (unpaired) electrons. The van der Waals surface area contributed by atoms with Crippen molar-refractivity contribution in [3.8, 4) is 5.75 Å². The van der Waals surface area contributed by atoms with E-state index in [0.29, 0.717) is 132 Å². The number of carbonyl (C=O) groups is 3. The number of rotatable bonds is 35. The number of anilines is 1. The summed E-state index contributed by atoms with van der Waals surface area (Å²) in [6.07, 6.45) is 15.6. The molecule has 2 N–H and O–H groups in total. The molecule has 2 amide bonds. The number of carbonyl (C=O) groups excluding carboxylic acids is 3. The predicted octanol–water partition coefficient (Wildman–Crippen LogP) is 2.34. The number of nitrogens with one attached hydrogen (secondary N) is 2. The van der Waals surface area contributed by atoms with E-state index in [0.717, 1.165) is 66.2 Å². The first-order valence-electron chi connectivity index (χ1n) is 33.6. The molecule has 0 bridgehead atoms. The normalized spacial score (nSPS) is 15.5. The third kappa shape index (κ3) is 21.8. The first-order chi connectivity index (χ1) is 47.5. The summed E-state index contributed by atoms with van der Waals surface area (Å²) in [4.78, 5) is 40.8. The zero-order valence-corrected chi connectivity index (χ0v) is 68.5. The van der Waals surface area contributed by atoms with Crippen LogP contribution < -0.4 is 125 Å². The van der Waals surface area contributed by atoms with Crippen LogP contribution >= 0.6 is 7.14 Å². The van der Waals surface area contributed by atoms with Gasteiger partial charge in [0, 0.05) is 89.0 Å². The van der Waals surface area contributed by atoms with E-state index in [4.69, 9.17) is 23.7 Å². The number of amides is 2. The van der Waals surface area contributed by atoms with Gasteiger partial charge in [-0.25, -0.2) is 26.2 Å².